The number of esters is 3. The molecule has 0 fully saturated rings. The molecule has 0 aromatic rings. The van der Waals surface area contributed by atoms with Gasteiger partial charge in [0, 0.05) is 19.3 Å². The Morgan fingerprint density at radius 1 is 0.319 bits per heavy atom. The van der Waals surface area contributed by atoms with Gasteiger partial charge in [0.1, 0.15) is 25.4 Å². The highest BCUT2D eigenvalue weighted by Gasteiger charge is 2.29. The van der Waals surface area contributed by atoms with E-state index >= 15 is 0 Å². The molecule has 0 radical (unpaired) electrons. The predicted octanol–water partition coefficient (Wildman–Crippen LogP) is 19.2. The quantitative estimate of drug-likeness (QED) is 0.0146. The molecule has 0 aliphatic carbocycles. The largest absolute Gasteiger partial charge is 0.472 e. The van der Waals surface area contributed by atoms with Gasteiger partial charge in [-0.05, 0) is 135 Å². The molecule has 0 spiro atoms. The Labute approximate surface area is 550 Å². The van der Waals surface area contributed by atoms with Crippen molar-refractivity contribution in [2.75, 3.05) is 39.6 Å². The van der Waals surface area contributed by atoms with Crippen LogP contribution in [0.2, 0.25) is 0 Å². The van der Waals surface area contributed by atoms with E-state index in [-0.39, 0.29) is 19.3 Å². The summed E-state index contributed by atoms with van der Waals surface area (Å²) in [5.41, 5.74) is 0. The fourth-order valence-corrected chi connectivity index (χ4v) is 10.1. The number of aliphatic hydroxyl groups is 2. The first-order valence-corrected chi connectivity index (χ1v) is 37.5. The van der Waals surface area contributed by atoms with Crippen molar-refractivity contribution in [2.24, 2.45) is 0 Å². The van der Waals surface area contributed by atoms with Crippen LogP contribution < -0.4 is 0 Å². The van der Waals surface area contributed by atoms with Gasteiger partial charge in [0.25, 0.3) is 0 Å². The number of phosphoric ester groups is 2. The molecule has 0 saturated carbocycles. The second kappa shape index (κ2) is 65.7. The van der Waals surface area contributed by atoms with E-state index in [0.717, 1.165) is 148 Å². The summed E-state index contributed by atoms with van der Waals surface area (Å²) in [7, 11) is -9.81. The number of hydrogen-bond donors (Lipinski definition) is 4. The summed E-state index contributed by atoms with van der Waals surface area (Å²) in [5, 5.41) is 20.5. The third kappa shape index (κ3) is 66.9. The molecule has 4 N–H and O–H groups in total. The van der Waals surface area contributed by atoms with E-state index in [1.807, 2.05) is 12.2 Å². The summed E-state index contributed by atoms with van der Waals surface area (Å²) in [4.78, 5) is 58.4. The van der Waals surface area contributed by atoms with Crippen LogP contribution in [0.4, 0.5) is 0 Å². The molecule has 0 aliphatic rings. The maximum Gasteiger partial charge on any atom is 0.472 e. The van der Waals surface area contributed by atoms with E-state index in [1.54, 1.807) is 0 Å². The molecule has 0 heterocycles. The molecule has 16 nitrogen and oxygen atoms in total. The number of unbranched alkanes of at least 4 members (excludes halogenated alkanes) is 19. The van der Waals surface area contributed by atoms with Gasteiger partial charge in [0.15, 0.2) is 6.10 Å². The molecule has 0 saturated heterocycles. The van der Waals surface area contributed by atoms with E-state index in [1.165, 1.54) is 38.5 Å². The van der Waals surface area contributed by atoms with E-state index in [0.29, 0.717) is 25.7 Å². The van der Waals surface area contributed by atoms with Gasteiger partial charge < -0.3 is 34.2 Å². The fraction of sp³-hybridized carbons (Fsp3) is 0.658. The van der Waals surface area contributed by atoms with Crippen LogP contribution in [0.5, 0.6) is 0 Å². The van der Waals surface area contributed by atoms with Crippen molar-refractivity contribution in [2.45, 2.75) is 270 Å². The van der Waals surface area contributed by atoms with E-state index in [4.69, 9.17) is 32.3 Å². The summed E-state index contributed by atoms with van der Waals surface area (Å²) >= 11 is 0. The van der Waals surface area contributed by atoms with Crippen LogP contribution in [0.25, 0.3) is 0 Å². The van der Waals surface area contributed by atoms with Crippen molar-refractivity contribution in [1.82, 2.24) is 0 Å². The van der Waals surface area contributed by atoms with Crippen molar-refractivity contribution >= 4 is 33.6 Å². The van der Waals surface area contributed by atoms with Crippen molar-refractivity contribution in [3.63, 3.8) is 0 Å². The number of phosphoric acid groups is 2. The highest BCUT2D eigenvalue weighted by molar-refractivity contribution is 7.47. The zero-order valence-electron chi connectivity index (χ0n) is 56.2. The lowest BCUT2D eigenvalue weighted by atomic mass is 10.1. The Hall–Kier alpha value is -4.31. The number of carbonyl (C=O) groups is 3. The highest BCUT2D eigenvalue weighted by Crippen LogP contribution is 2.45. The SMILES string of the molecule is CC/C=C\C/C=C\C/C=C\C/C=C\C/C=C\CCCC(=O)OC(COC(=O)CCCCCCCC/C=C\C/C=C\C/C=C\CCCCC)COP(=O)(O)OCC(O)COP(=O)(O)OCC(O)COC(=O)CCCCCCCC/C=C\C/C=C\C/C=C\CCCCC. The van der Waals surface area contributed by atoms with Crippen LogP contribution in [0.1, 0.15) is 252 Å². The number of hydrogen-bond acceptors (Lipinski definition) is 14. The molecule has 520 valence electrons. The molecule has 18 heteroatoms. The molecule has 0 aromatic heterocycles. The molecule has 0 amide bonds. The first kappa shape index (κ1) is 86.7. The summed E-state index contributed by atoms with van der Waals surface area (Å²) in [6, 6.07) is 0. The van der Waals surface area contributed by atoms with Crippen molar-refractivity contribution < 1.29 is 75.8 Å². The van der Waals surface area contributed by atoms with Crippen molar-refractivity contribution in [1.29, 1.82) is 0 Å². The smallest absolute Gasteiger partial charge is 0.463 e. The summed E-state index contributed by atoms with van der Waals surface area (Å²) in [6.07, 6.45) is 76.5. The summed E-state index contributed by atoms with van der Waals surface area (Å²) < 4.78 is 60.8. The van der Waals surface area contributed by atoms with Gasteiger partial charge in [-0.3, -0.25) is 32.5 Å². The normalized spacial score (nSPS) is 15.0. The molecule has 0 rings (SSSR count). The van der Waals surface area contributed by atoms with Gasteiger partial charge in [0.2, 0.25) is 0 Å². The van der Waals surface area contributed by atoms with Crippen LogP contribution in [-0.2, 0) is 55.8 Å². The minimum atomic E-state index is -4.95. The first-order chi connectivity index (χ1) is 44.2. The number of rotatable bonds is 64. The average molecular weight is 1320 g/mol. The molecule has 91 heavy (non-hydrogen) atoms. The minimum absolute atomic E-state index is 0.0185. The van der Waals surface area contributed by atoms with E-state index < -0.39 is 91.5 Å². The lowest BCUT2D eigenvalue weighted by molar-refractivity contribution is -0.161. The molecule has 5 unspecified atom stereocenters. The van der Waals surface area contributed by atoms with E-state index in [2.05, 4.69) is 142 Å². The van der Waals surface area contributed by atoms with Crippen molar-refractivity contribution in [3.05, 3.63) is 134 Å². The second-order valence-electron chi connectivity index (χ2n) is 22.6. The molecule has 0 aromatic carbocycles. The summed E-state index contributed by atoms with van der Waals surface area (Å²) in [6.45, 7) is 2.38. The van der Waals surface area contributed by atoms with Gasteiger partial charge in [0.05, 0.1) is 26.4 Å². The fourth-order valence-electron chi connectivity index (χ4n) is 8.56. The minimum Gasteiger partial charge on any atom is -0.463 e. The Bertz CT molecular complexity index is 2190. The Morgan fingerprint density at radius 2 is 0.593 bits per heavy atom. The number of allylic oxidation sites excluding steroid dienone is 22. The Kier molecular flexibility index (Phi) is 62.6. The molecule has 5 atom stereocenters. The standard InChI is InChI=1S/C73H122O16P2/c1-4-7-10-13-16-19-22-25-28-31-33-36-38-41-44-47-50-53-56-59-71(76)83-62-68(74)63-85-90(79,80)86-64-69(75)65-87-91(81,82)88-67-70(89-73(78)61-58-55-52-49-46-43-40-35-30-27-24-21-18-15-12-9-6-3)66-84-72(77)60-57-54-51-48-45-42-39-37-34-32-29-26-23-20-17-14-11-8-5-2/h9,12,16-21,25-30,33-34,36-37,40,43,49,52,68-70,74-75H,4-8,10-11,13-15,22-24,31-32,35,38-39,41-42,44-48,50-51,53-67H2,1-3H3,(H,79,80)(H,81,82)/b12-9-,19-16-,20-17-,21-18-,28-25-,29-26-,30-27-,36-33-,37-34-,43-40-,52-49-. The van der Waals surface area contributed by atoms with Crippen LogP contribution >= 0.6 is 15.6 Å². The Balaban J connectivity index is 4.79. The second-order valence-corrected chi connectivity index (χ2v) is 25.5. The van der Waals surface area contributed by atoms with Gasteiger partial charge >= 0.3 is 33.6 Å². The Morgan fingerprint density at radius 3 is 0.956 bits per heavy atom. The molecule has 0 aliphatic heterocycles. The maximum atomic E-state index is 12.9. The van der Waals surface area contributed by atoms with E-state index in [9.17, 15) is 43.5 Å². The summed E-state index contributed by atoms with van der Waals surface area (Å²) in [5.74, 6) is -1.68. The van der Waals surface area contributed by atoms with Gasteiger partial charge in [-0.2, -0.15) is 0 Å². The lowest BCUT2D eigenvalue weighted by Crippen LogP contribution is -2.30. The molecular weight excluding hydrogens is 1190 g/mol. The average Bonchev–Trinajstić information content (AvgIpc) is 3.75. The van der Waals surface area contributed by atoms with Crippen LogP contribution in [0.15, 0.2) is 134 Å². The first-order valence-electron chi connectivity index (χ1n) is 34.5. The van der Waals surface area contributed by atoms with Crippen LogP contribution in [0.3, 0.4) is 0 Å². The lowest BCUT2D eigenvalue weighted by Gasteiger charge is -2.21. The molecule has 0 bridgehead atoms. The van der Waals surface area contributed by atoms with Gasteiger partial charge in [-0.25, -0.2) is 9.13 Å². The maximum absolute atomic E-state index is 12.9. The number of aliphatic hydroxyl groups excluding tert-OH is 2. The molecular formula is C73H122O16P2. The third-order valence-electron chi connectivity index (χ3n) is 13.8. The van der Waals surface area contributed by atoms with Gasteiger partial charge in [-0.1, -0.05) is 231 Å². The monoisotopic (exact) mass is 1320 g/mol. The zero-order chi connectivity index (χ0) is 66.7. The zero-order valence-corrected chi connectivity index (χ0v) is 58.0. The van der Waals surface area contributed by atoms with Crippen LogP contribution in [0, 0.1) is 0 Å². The highest BCUT2D eigenvalue weighted by atomic mass is 31.2. The topological polar surface area (TPSA) is 231 Å². The van der Waals surface area contributed by atoms with Crippen molar-refractivity contribution in [3.8, 4) is 0 Å². The predicted molar refractivity (Wildman–Crippen MR) is 371 cm³/mol. The van der Waals surface area contributed by atoms with Crippen LogP contribution in [-0.4, -0.2) is 95.9 Å². The number of ether oxygens (including phenoxy) is 3. The number of carbonyl (C=O) groups excluding carboxylic acids is 3. The van der Waals surface area contributed by atoms with Gasteiger partial charge in [-0.15, -0.1) is 0 Å². The third-order valence-corrected chi connectivity index (χ3v) is 15.7.